The number of hydrogen-bond donors (Lipinski definition) is 2. The van der Waals surface area contributed by atoms with Crippen molar-refractivity contribution in [2.24, 2.45) is 0 Å². The van der Waals surface area contributed by atoms with Crippen molar-refractivity contribution in [2.45, 2.75) is 19.5 Å². The Bertz CT molecular complexity index is 499. The maximum absolute atomic E-state index is 5.94. The molecule has 1 aromatic heterocycles. The fraction of sp³-hybridized carbons (Fsp3) is 0.308. The highest BCUT2D eigenvalue weighted by molar-refractivity contribution is 7.09. The van der Waals surface area contributed by atoms with Crippen molar-refractivity contribution in [1.82, 2.24) is 10.3 Å². The van der Waals surface area contributed by atoms with Crippen LogP contribution in [0.5, 0.6) is 5.75 Å². The van der Waals surface area contributed by atoms with Gasteiger partial charge in [-0.1, -0.05) is 0 Å². The minimum absolute atomic E-state index is 0.218. The predicted molar refractivity (Wildman–Crippen MR) is 74.8 cm³/mol. The highest BCUT2D eigenvalue weighted by Crippen LogP contribution is 2.21. The molecule has 0 aliphatic rings. The number of nitrogens with one attached hydrogen (secondary N) is 1. The van der Waals surface area contributed by atoms with Gasteiger partial charge in [-0.3, -0.25) is 0 Å². The lowest BCUT2D eigenvalue weighted by molar-refractivity contribution is 0.414. The minimum atomic E-state index is 0.218. The zero-order valence-electron chi connectivity index (χ0n) is 10.5. The third-order valence-corrected chi connectivity index (χ3v) is 3.73. The lowest BCUT2D eigenvalue weighted by atomic mass is 10.1. The fourth-order valence-corrected chi connectivity index (χ4v) is 2.33. The molecule has 4 nitrogen and oxygen atoms in total. The molecular formula is C13H17N3OS. The van der Waals surface area contributed by atoms with Crippen molar-refractivity contribution in [2.75, 3.05) is 12.8 Å². The van der Waals surface area contributed by atoms with E-state index in [0.717, 1.165) is 22.0 Å². The molecule has 0 amide bonds. The molecule has 0 aliphatic carbocycles. The average molecular weight is 263 g/mol. The number of rotatable bonds is 5. The Kier molecular flexibility index (Phi) is 4.17. The van der Waals surface area contributed by atoms with Gasteiger partial charge in [-0.05, 0) is 30.7 Å². The molecule has 3 N–H and O–H groups in total. The first-order valence-electron chi connectivity index (χ1n) is 5.76. The van der Waals surface area contributed by atoms with E-state index < -0.39 is 0 Å². The fourth-order valence-electron chi connectivity index (χ4n) is 1.66. The van der Waals surface area contributed by atoms with Crippen molar-refractivity contribution in [3.63, 3.8) is 0 Å². The van der Waals surface area contributed by atoms with E-state index in [0.29, 0.717) is 6.54 Å². The number of ether oxygens (including phenoxy) is 1. The largest absolute Gasteiger partial charge is 0.497 e. The van der Waals surface area contributed by atoms with Gasteiger partial charge in [0.15, 0.2) is 0 Å². The van der Waals surface area contributed by atoms with Crippen LogP contribution in [0.4, 0.5) is 5.69 Å². The Balaban J connectivity index is 2.01. The van der Waals surface area contributed by atoms with E-state index in [1.165, 1.54) is 0 Å². The number of anilines is 1. The van der Waals surface area contributed by atoms with Crippen LogP contribution in [0.15, 0.2) is 29.8 Å². The third-order valence-electron chi connectivity index (χ3n) is 2.77. The van der Waals surface area contributed by atoms with Crippen molar-refractivity contribution < 1.29 is 4.74 Å². The molecule has 1 atom stereocenters. The molecule has 0 bridgehead atoms. The summed E-state index contributed by atoms with van der Waals surface area (Å²) in [7, 11) is 1.65. The number of nitrogen functional groups attached to an aromatic ring is 1. The second kappa shape index (κ2) is 5.84. The smallest absolute Gasteiger partial charge is 0.119 e. The van der Waals surface area contributed by atoms with Crippen molar-refractivity contribution in [1.29, 1.82) is 0 Å². The molecule has 0 spiro atoms. The van der Waals surface area contributed by atoms with Crippen LogP contribution in [0.25, 0.3) is 0 Å². The summed E-state index contributed by atoms with van der Waals surface area (Å²) in [5.74, 6) is 0.822. The Morgan fingerprint density at radius 3 is 3.00 bits per heavy atom. The molecule has 2 aromatic rings. The molecule has 96 valence electrons. The van der Waals surface area contributed by atoms with Crippen LogP contribution >= 0.6 is 11.3 Å². The van der Waals surface area contributed by atoms with Crippen LogP contribution in [-0.2, 0) is 6.54 Å². The van der Waals surface area contributed by atoms with Crippen LogP contribution < -0.4 is 15.8 Å². The van der Waals surface area contributed by atoms with Gasteiger partial charge >= 0.3 is 0 Å². The Labute approximate surface area is 111 Å². The highest BCUT2D eigenvalue weighted by Gasteiger charge is 2.08. The lowest BCUT2D eigenvalue weighted by Gasteiger charge is -2.13. The number of nitrogens with two attached hydrogens (primary N) is 1. The summed E-state index contributed by atoms with van der Waals surface area (Å²) in [5.41, 5.74) is 7.75. The average Bonchev–Trinajstić information content (AvgIpc) is 2.91. The van der Waals surface area contributed by atoms with Gasteiger partial charge < -0.3 is 15.8 Å². The SMILES string of the molecule is COc1ccc(N)c(CNC(C)c2nccs2)c1. The summed E-state index contributed by atoms with van der Waals surface area (Å²) in [6.45, 7) is 2.79. The molecule has 1 aromatic carbocycles. The Morgan fingerprint density at radius 1 is 1.50 bits per heavy atom. The highest BCUT2D eigenvalue weighted by atomic mass is 32.1. The molecule has 1 heterocycles. The number of methoxy groups -OCH3 is 1. The van der Waals surface area contributed by atoms with Crippen LogP contribution in [0.1, 0.15) is 23.5 Å². The Morgan fingerprint density at radius 2 is 2.33 bits per heavy atom. The summed E-state index contributed by atoms with van der Waals surface area (Å²) in [6, 6.07) is 5.90. The number of hydrogen-bond acceptors (Lipinski definition) is 5. The second-order valence-corrected chi connectivity index (χ2v) is 4.96. The van der Waals surface area contributed by atoms with Gasteiger partial charge in [0.1, 0.15) is 10.8 Å². The standard InChI is InChI=1S/C13H17N3OS/c1-9(13-15-5-6-18-13)16-8-10-7-11(17-2)3-4-12(10)14/h3-7,9,16H,8,14H2,1-2H3. The van der Waals surface area contributed by atoms with Gasteiger partial charge in [-0.2, -0.15) is 0 Å². The van der Waals surface area contributed by atoms with Crippen molar-refractivity contribution >= 4 is 17.0 Å². The summed E-state index contributed by atoms with van der Waals surface area (Å²) in [5, 5.41) is 6.47. The van der Waals surface area contributed by atoms with Crippen molar-refractivity contribution in [3.8, 4) is 5.75 Å². The molecule has 18 heavy (non-hydrogen) atoms. The van der Waals surface area contributed by atoms with E-state index in [4.69, 9.17) is 10.5 Å². The van der Waals surface area contributed by atoms with Gasteiger partial charge in [0.25, 0.3) is 0 Å². The van der Waals surface area contributed by atoms with Gasteiger partial charge in [-0.25, -0.2) is 4.98 Å². The summed E-state index contributed by atoms with van der Waals surface area (Å²) in [6.07, 6.45) is 1.82. The van der Waals surface area contributed by atoms with Gasteiger partial charge in [-0.15, -0.1) is 11.3 Å². The van der Waals surface area contributed by atoms with Crippen LogP contribution in [-0.4, -0.2) is 12.1 Å². The maximum atomic E-state index is 5.94. The molecule has 2 rings (SSSR count). The molecule has 0 saturated carbocycles. The van der Waals surface area contributed by atoms with Crippen LogP contribution in [0.3, 0.4) is 0 Å². The predicted octanol–water partition coefficient (Wildman–Crippen LogP) is 2.58. The molecular weight excluding hydrogens is 246 g/mol. The van der Waals surface area contributed by atoms with E-state index in [1.807, 2.05) is 29.8 Å². The van der Waals surface area contributed by atoms with Crippen molar-refractivity contribution in [3.05, 3.63) is 40.3 Å². The van der Waals surface area contributed by atoms with Gasteiger partial charge in [0.2, 0.25) is 0 Å². The number of nitrogens with zero attached hydrogens (tertiary/aromatic N) is 1. The first-order valence-corrected chi connectivity index (χ1v) is 6.64. The van der Waals surface area contributed by atoms with Crippen LogP contribution in [0, 0.1) is 0 Å². The first kappa shape index (κ1) is 12.9. The quantitative estimate of drug-likeness (QED) is 0.814. The first-order chi connectivity index (χ1) is 8.70. The van der Waals surface area contributed by atoms with E-state index in [1.54, 1.807) is 18.4 Å². The molecule has 5 heteroatoms. The zero-order valence-corrected chi connectivity index (χ0v) is 11.3. The van der Waals surface area contributed by atoms with Gasteiger partial charge in [0, 0.05) is 23.8 Å². The van der Waals surface area contributed by atoms with E-state index >= 15 is 0 Å². The minimum Gasteiger partial charge on any atom is -0.497 e. The monoisotopic (exact) mass is 263 g/mol. The maximum Gasteiger partial charge on any atom is 0.119 e. The summed E-state index contributed by atoms with van der Waals surface area (Å²) >= 11 is 1.65. The van der Waals surface area contributed by atoms with Crippen LogP contribution in [0.2, 0.25) is 0 Å². The molecule has 0 fully saturated rings. The summed E-state index contributed by atoms with van der Waals surface area (Å²) < 4.78 is 5.20. The number of thiazole rings is 1. The zero-order chi connectivity index (χ0) is 13.0. The second-order valence-electron chi connectivity index (χ2n) is 4.04. The summed E-state index contributed by atoms with van der Waals surface area (Å²) in [4.78, 5) is 4.28. The van der Waals surface area contributed by atoms with E-state index in [9.17, 15) is 0 Å². The van der Waals surface area contributed by atoms with Gasteiger partial charge in [0.05, 0.1) is 13.2 Å². The number of aromatic nitrogens is 1. The molecule has 1 unspecified atom stereocenters. The topological polar surface area (TPSA) is 60.2 Å². The molecule has 0 radical (unpaired) electrons. The molecule has 0 aliphatic heterocycles. The molecule has 0 saturated heterocycles. The number of benzene rings is 1. The van der Waals surface area contributed by atoms with E-state index in [-0.39, 0.29) is 6.04 Å². The lowest BCUT2D eigenvalue weighted by Crippen LogP contribution is -2.18. The van der Waals surface area contributed by atoms with E-state index in [2.05, 4.69) is 17.2 Å². The normalized spacial score (nSPS) is 12.3. The Hall–Kier alpha value is -1.59. The third kappa shape index (κ3) is 3.00.